The van der Waals surface area contributed by atoms with Crippen molar-refractivity contribution >= 4 is 22.4 Å². The van der Waals surface area contributed by atoms with Gasteiger partial charge in [-0.25, -0.2) is 0 Å². The summed E-state index contributed by atoms with van der Waals surface area (Å²) in [5.41, 5.74) is 5.01. The third-order valence-corrected chi connectivity index (χ3v) is 5.21. The Labute approximate surface area is 160 Å². The quantitative estimate of drug-likeness (QED) is 0.774. The summed E-state index contributed by atoms with van der Waals surface area (Å²) in [5, 5.41) is 4.07. The summed E-state index contributed by atoms with van der Waals surface area (Å²) >= 11 is 0. The van der Waals surface area contributed by atoms with E-state index < -0.39 is 0 Å². The van der Waals surface area contributed by atoms with E-state index in [1.807, 2.05) is 20.8 Å². The molecule has 5 nitrogen and oxygen atoms in total. The highest BCUT2D eigenvalue weighted by molar-refractivity contribution is 5.98. The number of allylic oxidation sites excluding steroid dienone is 1. The van der Waals surface area contributed by atoms with Gasteiger partial charge in [0.1, 0.15) is 17.1 Å². The SMILES string of the molecule is COCC(C)NC(=O)/C=C(\C)c1cc2c3c(oc2c(C)c1OC)CCCC3. The predicted molar refractivity (Wildman–Crippen MR) is 107 cm³/mol. The van der Waals surface area contributed by atoms with Gasteiger partial charge < -0.3 is 19.2 Å². The Morgan fingerprint density at radius 2 is 2.07 bits per heavy atom. The van der Waals surface area contributed by atoms with E-state index in [0.717, 1.165) is 52.0 Å². The highest BCUT2D eigenvalue weighted by Gasteiger charge is 2.23. The van der Waals surface area contributed by atoms with Crippen LogP contribution in [0, 0.1) is 6.92 Å². The van der Waals surface area contributed by atoms with E-state index in [0.29, 0.717) is 6.61 Å². The average Bonchev–Trinajstić information content (AvgIpc) is 3.00. The van der Waals surface area contributed by atoms with Crippen molar-refractivity contribution in [1.82, 2.24) is 5.32 Å². The molecule has 1 aromatic heterocycles. The lowest BCUT2D eigenvalue weighted by Crippen LogP contribution is -2.34. The fourth-order valence-electron chi connectivity index (χ4n) is 3.94. The monoisotopic (exact) mass is 371 g/mol. The molecule has 3 rings (SSSR count). The van der Waals surface area contributed by atoms with E-state index in [9.17, 15) is 4.79 Å². The van der Waals surface area contributed by atoms with E-state index in [1.165, 1.54) is 18.4 Å². The van der Waals surface area contributed by atoms with Crippen molar-refractivity contribution in [3.63, 3.8) is 0 Å². The third-order valence-electron chi connectivity index (χ3n) is 5.21. The summed E-state index contributed by atoms with van der Waals surface area (Å²) in [4.78, 5) is 12.3. The van der Waals surface area contributed by atoms with Gasteiger partial charge in [0, 0.05) is 47.7 Å². The Morgan fingerprint density at radius 1 is 1.33 bits per heavy atom. The maximum absolute atomic E-state index is 12.3. The molecule has 5 heteroatoms. The summed E-state index contributed by atoms with van der Waals surface area (Å²) in [7, 11) is 3.28. The van der Waals surface area contributed by atoms with Crippen LogP contribution in [0.3, 0.4) is 0 Å². The molecule has 0 saturated heterocycles. The molecule has 1 aromatic carbocycles. The van der Waals surface area contributed by atoms with Crippen LogP contribution >= 0.6 is 0 Å². The lowest BCUT2D eigenvalue weighted by atomic mass is 9.93. The highest BCUT2D eigenvalue weighted by Crippen LogP contribution is 2.40. The topological polar surface area (TPSA) is 60.7 Å². The molecule has 1 N–H and O–H groups in total. The zero-order chi connectivity index (χ0) is 19.6. The Hall–Kier alpha value is -2.27. The predicted octanol–water partition coefficient (Wildman–Crippen LogP) is 4.18. The lowest BCUT2D eigenvalue weighted by Gasteiger charge is -2.14. The average molecular weight is 371 g/mol. The summed E-state index contributed by atoms with van der Waals surface area (Å²) in [6.07, 6.45) is 6.04. The van der Waals surface area contributed by atoms with E-state index in [-0.39, 0.29) is 11.9 Å². The first-order chi connectivity index (χ1) is 13.0. The van der Waals surface area contributed by atoms with Crippen LogP contribution in [0.25, 0.3) is 16.5 Å². The van der Waals surface area contributed by atoms with Crippen LogP contribution in [0.4, 0.5) is 0 Å². The number of ether oxygens (including phenoxy) is 2. The number of rotatable bonds is 6. The molecule has 1 aliphatic rings. The number of hydrogen-bond acceptors (Lipinski definition) is 4. The minimum absolute atomic E-state index is 0.0430. The first-order valence-corrected chi connectivity index (χ1v) is 9.56. The maximum Gasteiger partial charge on any atom is 0.244 e. The lowest BCUT2D eigenvalue weighted by molar-refractivity contribution is -0.117. The fourth-order valence-corrected chi connectivity index (χ4v) is 3.94. The molecule has 1 aliphatic carbocycles. The van der Waals surface area contributed by atoms with Crippen LogP contribution in [0.15, 0.2) is 16.6 Å². The summed E-state index contributed by atoms with van der Waals surface area (Å²) in [6.45, 7) is 6.36. The first-order valence-electron chi connectivity index (χ1n) is 9.56. The number of benzene rings is 1. The molecule has 2 aromatic rings. The van der Waals surface area contributed by atoms with Crippen LogP contribution in [0.2, 0.25) is 0 Å². The molecule has 0 fully saturated rings. The van der Waals surface area contributed by atoms with Crippen molar-refractivity contribution in [2.45, 2.75) is 52.5 Å². The summed E-state index contributed by atoms with van der Waals surface area (Å²) < 4.78 is 16.9. The van der Waals surface area contributed by atoms with Gasteiger partial charge in [-0.05, 0) is 51.7 Å². The summed E-state index contributed by atoms with van der Waals surface area (Å²) in [6, 6.07) is 2.07. The van der Waals surface area contributed by atoms with Crippen molar-refractivity contribution in [2.24, 2.45) is 0 Å². The molecular formula is C22H29NO4. The van der Waals surface area contributed by atoms with Crippen LogP contribution in [0.1, 0.15) is 49.1 Å². The van der Waals surface area contributed by atoms with E-state index in [4.69, 9.17) is 13.9 Å². The maximum atomic E-state index is 12.3. The molecule has 1 unspecified atom stereocenters. The number of nitrogens with one attached hydrogen (secondary N) is 1. The van der Waals surface area contributed by atoms with Gasteiger partial charge in [-0.1, -0.05) is 0 Å². The molecule has 0 radical (unpaired) electrons. The molecule has 146 valence electrons. The second-order valence-electron chi connectivity index (χ2n) is 7.36. The van der Waals surface area contributed by atoms with Gasteiger partial charge in [-0.2, -0.15) is 0 Å². The minimum Gasteiger partial charge on any atom is -0.496 e. The highest BCUT2D eigenvalue weighted by atomic mass is 16.5. The zero-order valence-electron chi connectivity index (χ0n) is 16.9. The van der Waals surface area contributed by atoms with Gasteiger partial charge >= 0.3 is 0 Å². The van der Waals surface area contributed by atoms with Gasteiger partial charge in [0.15, 0.2) is 0 Å². The Balaban J connectivity index is 2.02. The number of carbonyl (C=O) groups is 1. The molecule has 1 heterocycles. The number of carbonyl (C=O) groups excluding carboxylic acids is 1. The smallest absolute Gasteiger partial charge is 0.244 e. The molecule has 0 spiro atoms. The second kappa shape index (κ2) is 8.17. The van der Waals surface area contributed by atoms with Gasteiger partial charge in [0.25, 0.3) is 0 Å². The second-order valence-corrected chi connectivity index (χ2v) is 7.36. The van der Waals surface area contributed by atoms with Gasteiger partial charge in [0.05, 0.1) is 13.7 Å². The molecule has 1 atom stereocenters. The summed E-state index contributed by atoms with van der Waals surface area (Å²) in [5.74, 6) is 1.73. The van der Waals surface area contributed by atoms with Crippen molar-refractivity contribution < 1.29 is 18.7 Å². The van der Waals surface area contributed by atoms with E-state index in [2.05, 4.69) is 11.4 Å². The third kappa shape index (κ3) is 3.88. The number of methoxy groups -OCH3 is 2. The largest absolute Gasteiger partial charge is 0.496 e. The van der Waals surface area contributed by atoms with E-state index >= 15 is 0 Å². The number of furan rings is 1. The Morgan fingerprint density at radius 3 is 2.78 bits per heavy atom. The number of amides is 1. The van der Waals surface area contributed by atoms with Crippen molar-refractivity contribution in [2.75, 3.05) is 20.8 Å². The Kier molecular flexibility index (Phi) is 5.90. The van der Waals surface area contributed by atoms with Crippen LogP contribution in [0.5, 0.6) is 5.75 Å². The number of hydrogen-bond donors (Lipinski definition) is 1. The van der Waals surface area contributed by atoms with Crippen LogP contribution in [-0.4, -0.2) is 32.8 Å². The molecule has 27 heavy (non-hydrogen) atoms. The number of fused-ring (bicyclic) bond motifs is 3. The molecule has 0 bridgehead atoms. The van der Waals surface area contributed by atoms with Crippen molar-refractivity contribution in [3.8, 4) is 5.75 Å². The van der Waals surface area contributed by atoms with Crippen molar-refractivity contribution in [3.05, 3.63) is 34.6 Å². The fraction of sp³-hybridized carbons (Fsp3) is 0.500. The molecule has 0 saturated carbocycles. The van der Waals surface area contributed by atoms with Gasteiger partial charge in [-0.15, -0.1) is 0 Å². The molecular weight excluding hydrogens is 342 g/mol. The Bertz CT molecular complexity index is 878. The molecule has 0 aliphatic heterocycles. The standard InChI is InChI=1S/C22H29NO4/c1-13(10-20(24)23-14(2)12-25-4)17-11-18-16-8-6-7-9-19(16)27-22(18)15(3)21(17)26-5/h10-11,14H,6-9,12H2,1-5H3,(H,23,24)/b13-10+. The molecule has 1 amide bonds. The van der Waals surface area contributed by atoms with Crippen LogP contribution in [-0.2, 0) is 22.4 Å². The first kappa shape index (κ1) is 19.5. The normalized spacial score (nSPS) is 15.5. The van der Waals surface area contributed by atoms with E-state index in [1.54, 1.807) is 20.3 Å². The number of aryl methyl sites for hydroxylation is 3. The van der Waals surface area contributed by atoms with Crippen LogP contribution < -0.4 is 10.1 Å². The minimum atomic E-state index is -0.133. The van der Waals surface area contributed by atoms with Gasteiger partial charge in [0.2, 0.25) is 5.91 Å². The zero-order valence-corrected chi connectivity index (χ0v) is 16.9. The van der Waals surface area contributed by atoms with Crippen molar-refractivity contribution in [1.29, 1.82) is 0 Å². The van der Waals surface area contributed by atoms with Gasteiger partial charge in [-0.3, -0.25) is 4.79 Å².